The fraction of sp³-hybridized carbons (Fsp3) is 0.200. The number of thiophene rings is 1. The molecule has 0 aliphatic heterocycles. The van der Waals surface area contributed by atoms with Crippen LogP contribution in [0.5, 0.6) is 0 Å². The smallest absolute Gasteiger partial charge is 0.0534 e. The van der Waals surface area contributed by atoms with E-state index in [2.05, 4.69) is 35.9 Å². The molecule has 1 heterocycles. The van der Waals surface area contributed by atoms with Gasteiger partial charge in [-0.2, -0.15) is 0 Å². The fourth-order valence-corrected chi connectivity index (χ4v) is 1.74. The molecule has 0 nitrogen and oxygen atoms in total. The third-order valence-corrected chi connectivity index (χ3v) is 2.46. The quantitative estimate of drug-likeness (QED) is 0.601. The monoisotopic (exact) mass is 160 g/mol. The largest absolute Gasteiger partial charge is 0.132 e. The summed E-state index contributed by atoms with van der Waals surface area (Å²) in [6.07, 6.45) is 1.10. The first kappa shape index (κ1) is 6.86. The summed E-state index contributed by atoms with van der Waals surface area (Å²) in [6, 6.07) is 6.45. The molecule has 0 amide bonds. The lowest BCUT2D eigenvalue weighted by molar-refractivity contribution is 1.15. The van der Waals surface area contributed by atoms with Crippen LogP contribution >= 0.6 is 11.3 Å². The molecule has 2 aromatic rings. The maximum Gasteiger partial charge on any atom is 0.0534 e. The Morgan fingerprint density at radius 1 is 1.27 bits per heavy atom. The number of hydrogen-bond donors (Lipinski definition) is 0. The average Bonchev–Trinajstić information content (AvgIpc) is 2.50. The van der Waals surface area contributed by atoms with Crippen LogP contribution in [0.4, 0.5) is 0 Å². The highest BCUT2D eigenvalue weighted by Crippen LogP contribution is 2.18. The van der Waals surface area contributed by atoms with Gasteiger partial charge < -0.3 is 0 Å². The lowest BCUT2D eigenvalue weighted by Gasteiger charge is -1.94. The molecule has 0 N–H and O–H groups in total. The third-order valence-electron chi connectivity index (χ3n) is 1.81. The molecule has 0 aliphatic carbocycles. The highest BCUT2D eigenvalue weighted by Gasteiger charge is 1.95. The highest BCUT2D eigenvalue weighted by molar-refractivity contribution is 7.08. The van der Waals surface area contributed by atoms with E-state index in [9.17, 15) is 0 Å². The topological polar surface area (TPSA) is 0 Å². The lowest BCUT2D eigenvalue weighted by Crippen LogP contribution is -1.76. The second-order valence-corrected chi connectivity index (χ2v) is 3.15. The van der Waals surface area contributed by atoms with E-state index in [1.165, 1.54) is 27.7 Å². The van der Waals surface area contributed by atoms with Crippen molar-refractivity contribution < 1.29 is 0 Å². The molecule has 2 rings (SSSR count). The van der Waals surface area contributed by atoms with Crippen molar-refractivity contribution in [3.05, 3.63) is 34.5 Å². The number of rotatable bonds is 1. The van der Waals surface area contributed by atoms with Crippen molar-refractivity contribution in [1.29, 1.82) is 0 Å². The predicted octanol–water partition coefficient (Wildman–Crippen LogP) is 3.06. The number of fused-ring (bicyclic) bond motifs is 1. The highest BCUT2D eigenvalue weighted by atomic mass is 32.1. The van der Waals surface area contributed by atoms with Gasteiger partial charge in [0.25, 0.3) is 0 Å². The van der Waals surface area contributed by atoms with Crippen LogP contribution in [-0.2, 0) is 6.42 Å². The molecule has 0 bridgehead atoms. The van der Waals surface area contributed by atoms with Crippen LogP contribution in [0.15, 0.2) is 18.2 Å². The standard InChI is InChI=1S/C10H8S/c1-2-8-3-4-9-6-11-7-10(9)5-8/h3-5H,2H2,1H3. The Morgan fingerprint density at radius 2 is 2.09 bits per heavy atom. The Morgan fingerprint density at radius 3 is 2.91 bits per heavy atom. The zero-order valence-electron chi connectivity index (χ0n) is 6.35. The van der Waals surface area contributed by atoms with Gasteiger partial charge in [0.1, 0.15) is 0 Å². The average molecular weight is 160 g/mol. The first-order valence-electron chi connectivity index (χ1n) is 3.71. The van der Waals surface area contributed by atoms with Crippen LogP contribution in [0.3, 0.4) is 0 Å². The van der Waals surface area contributed by atoms with E-state index < -0.39 is 0 Å². The molecule has 1 heteroatoms. The molecular formula is C10H8S. The minimum Gasteiger partial charge on any atom is -0.132 e. The summed E-state index contributed by atoms with van der Waals surface area (Å²) < 4.78 is 0. The summed E-state index contributed by atoms with van der Waals surface area (Å²) in [4.78, 5) is 0. The molecule has 54 valence electrons. The maximum absolute atomic E-state index is 3.18. The van der Waals surface area contributed by atoms with E-state index in [1.54, 1.807) is 0 Å². The Labute approximate surface area is 70.5 Å². The third kappa shape index (κ3) is 1.16. The number of benzene rings is 1. The summed E-state index contributed by atoms with van der Waals surface area (Å²) in [5.41, 5.74) is 1.38. The van der Waals surface area contributed by atoms with Gasteiger partial charge in [0, 0.05) is 10.8 Å². The zero-order valence-corrected chi connectivity index (χ0v) is 7.16. The van der Waals surface area contributed by atoms with Crippen molar-refractivity contribution in [1.82, 2.24) is 0 Å². The summed E-state index contributed by atoms with van der Waals surface area (Å²) >= 11 is 1.52. The van der Waals surface area contributed by atoms with Crippen molar-refractivity contribution in [3.63, 3.8) is 0 Å². The van der Waals surface area contributed by atoms with Crippen molar-refractivity contribution in [2.75, 3.05) is 0 Å². The Hall–Kier alpha value is -0.820. The van der Waals surface area contributed by atoms with Gasteiger partial charge in [-0.05, 0) is 18.1 Å². The van der Waals surface area contributed by atoms with E-state index in [0.29, 0.717) is 0 Å². The molecule has 0 saturated heterocycles. The van der Waals surface area contributed by atoms with E-state index in [0.717, 1.165) is 6.42 Å². The second kappa shape index (κ2) is 2.67. The minimum absolute atomic E-state index is 1.10. The molecule has 2 radical (unpaired) electrons. The van der Waals surface area contributed by atoms with Crippen LogP contribution in [0.1, 0.15) is 12.5 Å². The van der Waals surface area contributed by atoms with Crippen molar-refractivity contribution in [3.8, 4) is 0 Å². The number of hydrogen-bond acceptors (Lipinski definition) is 1. The van der Waals surface area contributed by atoms with Crippen molar-refractivity contribution in [2.24, 2.45) is 0 Å². The van der Waals surface area contributed by atoms with Gasteiger partial charge in [-0.25, -0.2) is 0 Å². The second-order valence-electron chi connectivity index (χ2n) is 2.54. The lowest BCUT2D eigenvalue weighted by atomic mass is 10.1. The molecule has 0 aliphatic rings. The SMILES string of the molecule is CCc1ccc2[c]s[c]c2c1. The van der Waals surface area contributed by atoms with Gasteiger partial charge in [0.2, 0.25) is 0 Å². The van der Waals surface area contributed by atoms with Gasteiger partial charge in [0.15, 0.2) is 0 Å². The van der Waals surface area contributed by atoms with Gasteiger partial charge in [-0.3, -0.25) is 0 Å². The first-order valence-corrected chi connectivity index (χ1v) is 4.52. The molecular weight excluding hydrogens is 152 g/mol. The van der Waals surface area contributed by atoms with E-state index >= 15 is 0 Å². The molecule has 0 saturated carbocycles. The minimum atomic E-state index is 1.10. The molecule has 0 fully saturated rings. The van der Waals surface area contributed by atoms with E-state index in [1.807, 2.05) is 0 Å². The molecule has 0 unspecified atom stereocenters. The molecule has 1 aromatic carbocycles. The fourth-order valence-electron chi connectivity index (χ4n) is 1.12. The van der Waals surface area contributed by atoms with Gasteiger partial charge in [-0.1, -0.05) is 19.1 Å². The summed E-state index contributed by atoms with van der Waals surface area (Å²) in [5.74, 6) is 0. The zero-order chi connectivity index (χ0) is 7.68. The van der Waals surface area contributed by atoms with Crippen LogP contribution in [0.2, 0.25) is 0 Å². The van der Waals surface area contributed by atoms with Gasteiger partial charge >= 0.3 is 0 Å². The Kier molecular flexibility index (Phi) is 1.66. The van der Waals surface area contributed by atoms with Crippen molar-refractivity contribution >= 4 is 22.1 Å². The summed E-state index contributed by atoms with van der Waals surface area (Å²) in [6.45, 7) is 2.16. The van der Waals surface area contributed by atoms with Crippen LogP contribution in [0.25, 0.3) is 10.8 Å². The maximum atomic E-state index is 3.18. The van der Waals surface area contributed by atoms with Crippen LogP contribution < -0.4 is 0 Å². The van der Waals surface area contributed by atoms with Crippen LogP contribution in [0, 0.1) is 10.8 Å². The Bertz CT molecular complexity index is 360. The summed E-state index contributed by atoms with van der Waals surface area (Å²) in [7, 11) is 0. The molecule has 11 heavy (non-hydrogen) atoms. The van der Waals surface area contributed by atoms with Crippen LogP contribution in [-0.4, -0.2) is 0 Å². The molecule has 0 atom stereocenters. The summed E-state index contributed by atoms with van der Waals surface area (Å²) in [5, 5.41) is 8.73. The first-order chi connectivity index (χ1) is 5.40. The molecule has 0 spiro atoms. The normalized spacial score (nSPS) is 10.6. The Balaban J connectivity index is 2.67. The van der Waals surface area contributed by atoms with E-state index in [-0.39, 0.29) is 0 Å². The van der Waals surface area contributed by atoms with Crippen molar-refractivity contribution in [2.45, 2.75) is 13.3 Å². The van der Waals surface area contributed by atoms with Gasteiger partial charge in [0.05, 0.1) is 10.8 Å². The number of aryl methyl sites for hydroxylation is 1. The van der Waals surface area contributed by atoms with Gasteiger partial charge in [-0.15, -0.1) is 11.3 Å². The molecule has 1 aromatic heterocycles. The van der Waals surface area contributed by atoms with E-state index in [4.69, 9.17) is 0 Å². The predicted molar refractivity (Wildman–Crippen MR) is 48.9 cm³/mol.